The number of methoxy groups -OCH3 is 1. The van der Waals surface area contributed by atoms with Gasteiger partial charge in [-0.25, -0.2) is 14.6 Å². The molecule has 2 aromatic heterocycles. The molecule has 11 heteroatoms. The Bertz CT molecular complexity index is 1280. The molecular weight excluding hydrogens is 466 g/mol. The van der Waals surface area contributed by atoms with Crippen LogP contribution in [0, 0.1) is 10.1 Å². The van der Waals surface area contributed by atoms with E-state index in [0.29, 0.717) is 28.5 Å². The summed E-state index contributed by atoms with van der Waals surface area (Å²) >= 11 is 0. The summed E-state index contributed by atoms with van der Waals surface area (Å²) in [5, 5.41) is 14.3. The third-order valence-corrected chi connectivity index (χ3v) is 4.83. The van der Waals surface area contributed by atoms with Crippen molar-refractivity contribution >= 4 is 23.8 Å². The minimum Gasteiger partial charge on any atom is -0.466 e. The molecule has 1 amide bonds. The molecule has 1 atom stereocenters. The molecule has 0 radical (unpaired) electrons. The van der Waals surface area contributed by atoms with Crippen LogP contribution in [0.1, 0.15) is 44.0 Å². The summed E-state index contributed by atoms with van der Waals surface area (Å²) < 4.78 is 10.0. The molecule has 0 aliphatic heterocycles. The number of nitrogens with one attached hydrogen (secondary N) is 2. The Labute approximate surface area is 207 Å². The number of esters is 1. The highest BCUT2D eigenvalue weighted by molar-refractivity contribution is 5.86. The van der Waals surface area contributed by atoms with Gasteiger partial charge in [0.15, 0.2) is 0 Å². The predicted octanol–water partition coefficient (Wildman–Crippen LogP) is 4.37. The maximum Gasteiger partial charge on any atom is 0.408 e. The van der Waals surface area contributed by atoms with E-state index in [-0.39, 0.29) is 12.1 Å². The number of para-hydroxylation sites is 1. The molecule has 0 aliphatic carbocycles. The first-order valence-electron chi connectivity index (χ1n) is 11.1. The molecule has 0 saturated carbocycles. The van der Waals surface area contributed by atoms with Gasteiger partial charge in [0, 0.05) is 30.5 Å². The Balaban J connectivity index is 1.92. The summed E-state index contributed by atoms with van der Waals surface area (Å²) in [7, 11) is 1.28. The standard InChI is InChI=1S/C25H27N5O6/c1-25(2,3)36-24(32)29-19(14-17-9-7-8-16(27-17)12-13-22(31)35-4)23-26-15-20(28-23)18-10-5-6-11-21(18)30(33)34/h5-13,15,19H,14H2,1-4H3,(H,26,28)(H,29,32)/b13-12+. The second kappa shape index (κ2) is 11.3. The summed E-state index contributed by atoms with van der Waals surface area (Å²) in [6.07, 6.45) is 3.89. The lowest BCUT2D eigenvalue weighted by Crippen LogP contribution is -2.36. The van der Waals surface area contributed by atoms with Gasteiger partial charge in [0.25, 0.3) is 5.69 Å². The fourth-order valence-corrected chi connectivity index (χ4v) is 3.30. The molecule has 2 N–H and O–H groups in total. The summed E-state index contributed by atoms with van der Waals surface area (Å²) in [6, 6.07) is 10.8. The van der Waals surface area contributed by atoms with Crippen molar-refractivity contribution in [2.45, 2.75) is 38.8 Å². The van der Waals surface area contributed by atoms with E-state index < -0.39 is 28.6 Å². The summed E-state index contributed by atoms with van der Waals surface area (Å²) in [5.41, 5.74) is 1.02. The van der Waals surface area contributed by atoms with E-state index in [1.54, 1.807) is 63.4 Å². The van der Waals surface area contributed by atoms with Crippen molar-refractivity contribution in [3.63, 3.8) is 0 Å². The number of aromatic nitrogens is 3. The van der Waals surface area contributed by atoms with Crippen LogP contribution in [-0.4, -0.2) is 44.6 Å². The molecule has 188 valence electrons. The van der Waals surface area contributed by atoms with Crippen LogP contribution in [0.4, 0.5) is 10.5 Å². The second-order valence-electron chi connectivity index (χ2n) is 8.76. The van der Waals surface area contributed by atoms with E-state index in [1.165, 1.54) is 25.3 Å². The Hall–Kier alpha value is -4.54. The number of alkyl carbamates (subject to hydrolysis) is 1. The SMILES string of the molecule is COC(=O)/C=C/c1cccc(CC(NC(=O)OC(C)(C)C)c2nc(-c3ccccc3[N+](=O)[O-])c[nH]2)n1. The van der Waals surface area contributed by atoms with Gasteiger partial charge < -0.3 is 19.8 Å². The fraction of sp³-hybridized carbons (Fsp3) is 0.280. The average Bonchev–Trinajstić information content (AvgIpc) is 3.31. The maximum absolute atomic E-state index is 12.6. The Kier molecular flexibility index (Phi) is 8.15. The highest BCUT2D eigenvalue weighted by Crippen LogP contribution is 2.29. The van der Waals surface area contributed by atoms with Gasteiger partial charge in [-0.2, -0.15) is 0 Å². The number of nitrogens with zero attached hydrogens (tertiary/aromatic N) is 3. The first-order valence-corrected chi connectivity index (χ1v) is 11.1. The van der Waals surface area contributed by atoms with Gasteiger partial charge in [-0.15, -0.1) is 0 Å². The van der Waals surface area contributed by atoms with Crippen LogP contribution >= 0.6 is 0 Å². The first kappa shape index (κ1) is 26.1. The number of aromatic amines is 1. The number of imidazole rings is 1. The molecule has 0 spiro atoms. The van der Waals surface area contributed by atoms with Crippen molar-refractivity contribution in [2.75, 3.05) is 7.11 Å². The summed E-state index contributed by atoms with van der Waals surface area (Å²) in [6.45, 7) is 5.25. The number of carbonyl (C=O) groups is 2. The fourth-order valence-electron chi connectivity index (χ4n) is 3.30. The third-order valence-electron chi connectivity index (χ3n) is 4.83. The molecule has 0 fully saturated rings. The zero-order valence-electron chi connectivity index (χ0n) is 20.3. The van der Waals surface area contributed by atoms with Crippen LogP contribution in [-0.2, 0) is 20.7 Å². The van der Waals surface area contributed by atoms with Crippen LogP contribution in [0.2, 0.25) is 0 Å². The zero-order chi connectivity index (χ0) is 26.3. The third kappa shape index (κ3) is 7.23. The predicted molar refractivity (Wildman–Crippen MR) is 132 cm³/mol. The van der Waals surface area contributed by atoms with E-state index in [1.807, 2.05) is 0 Å². The van der Waals surface area contributed by atoms with Crippen molar-refractivity contribution in [1.29, 1.82) is 0 Å². The molecule has 0 aliphatic rings. The molecule has 36 heavy (non-hydrogen) atoms. The molecule has 2 heterocycles. The van der Waals surface area contributed by atoms with Gasteiger partial charge in [0.05, 0.1) is 35.0 Å². The Morgan fingerprint density at radius 3 is 2.61 bits per heavy atom. The van der Waals surface area contributed by atoms with Crippen LogP contribution in [0.25, 0.3) is 17.3 Å². The number of ether oxygens (including phenoxy) is 2. The molecule has 3 aromatic rings. The maximum atomic E-state index is 12.6. The number of nitro groups is 1. The number of H-pyrrole nitrogens is 1. The van der Waals surface area contributed by atoms with E-state index in [4.69, 9.17) is 4.74 Å². The minimum atomic E-state index is -0.718. The zero-order valence-corrected chi connectivity index (χ0v) is 20.3. The first-order chi connectivity index (χ1) is 17.1. The number of nitro benzene ring substituents is 1. The van der Waals surface area contributed by atoms with Crippen LogP contribution in [0.5, 0.6) is 0 Å². The number of benzene rings is 1. The largest absolute Gasteiger partial charge is 0.466 e. The van der Waals surface area contributed by atoms with Crippen molar-refractivity contribution < 1.29 is 24.0 Å². The van der Waals surface area contributed by atoms with E-state index >= 15 is 0 Å². The molecule has 1 aromatic carbocycles. The van der Waals surface area contributed by atoms with Gasteiger partial charge in [-0.1, -0.05) is 18.2 Å². The number of pyridine rings is 1. The molecule has 3 rings (SSSR count). The molecular formula is C25H27N5O6. The van der Waals surface area contributed by atoms with Crippen LogP contribution in [0.3, 0.4) is 0 Å². The number of amides is 1. The monoisotopic (exact) mass is 493 g/mol. The van der Waals surface area contributed by atoms with Crippen molar-refractivity contribution in [2.24, 2.45) is 0 Å². The molecule has 0 saturated heterocycles. The summed E-state index contributed by atoms with van der Waals surface area (Å²) in [4.78, 5) is 47.0. The van der Waals surface area contributed by atoms with E-state index in [9.17, 15) is 19.7 Å². The minimum absolute atomic E-state index is 0.0843. The lowest BCUT2D eigenvalue weighted by molar-refractivity contribution is -0.384. The van der Waals surface area contributed by atoms with Gasteiger partial charge in [0.2, 0.25) is 0 Å². The van der Waals surface area contributed by atoms with Crippen molar-refractivity contribution in [3.8, 4) is 11.3 Å². The lowest BCUT2D eigenvalue weighted by atomic mass is 10.1. The van der Waals surface area contributed by atoms with Crippen LogP contribution in [0.15, 0.2) is 54.7 Å². The molecule has 0 bridgehead atoms. The lowest BCUT2D eigenvalue weighted by Gasteiger charge is -2.23. The quantitative estimate of drug-likeness (QED) is 0.203. The number of rotatable bonds is 8. The smallest absolute Gasteiger partial charge is 0.408 e. The van der Waals surface area contributed by atoms with Crippen molar-refractivity contribution in [3.05, 3.63) is 82.1 Å². The van der Waals surface area contributed by atoms with Gasteiger partial charge in [-0.3, -0.25) is 15.1 Å². The van der Waals surface area contributed by atoms with Gasteiger partial charge in [-0.05, 0) is 45.0 Å². The topological polar surface area (TPSA) is 149 Å². The van der Waals surface area contributed by atoms with E-state index in [2.05, 4.69) is 25.0 Å². The second-order valence-corrected chi connectivity index (χ2v) is 8.76. The Morgan fingerprint density at radius 2 is 1.92 bits per heavy atom. The highest BCUT2D eigenvalue weighted by Gasteiger charge is 2.25. The Morgan fingerprint density at radius 1 is 1.17 bits per heavy atom. The highest BCUT2D eigenvalue weighted by atomic mass is 16.6. The average molecular weight is 494 g/mol. The number of carbonyl (C=O) groups excluding carboxylic acids is 2. The van der Waals surface area contributed by atoms with Crippen molar-refractivity contribution in [1.82, 2.24) is 20.3 Å². The van der Waals surface area contributed by atoms with Gasteiger partial charge >= 0.3 is 12.1 Å². The number of hydrogen-bond acceptors (Lipinski definition) is 8. The van der Waals surface area contributed by atoms with Crippen LogP contribution < -0.4 is 5.32 Å². The normalized spacial score (nSPS) is 12.2. The summed E-state index contributed by atoms with van der Waals surface area (Å²) in [5.74, 6) is -0.142. The van der Waals surface area contributed by atoms with E-state index in [0.717, 1.165) is 0 Å². The number of hydrogen-bond donors (Lipinski definition) is 2. The van der Waals surface area contributed by atoms with Gasteiger partial charge in [0.1, 0.15) is 11.4 Å². The molecule has 11 nitrogen and oxygen atoms in total. The molecule has 1 unspecified atom stereocenters.